The van der Waals surface area contributed by atoms with Gasteiger partial charge in [-0.05, 0) is 27.5 Å². The Labute approximate surface area is 108 Å². The molecule has 0 aliphatic rings. The van der Waals surface area contributed by atoms with Gasteiger partial charge >= 0.3 is 0 Å². The lowest BCUT2D eigenvalue weighted by molar-refractivity contribution is -0.118. The Kier molecular flexibility index (Phi) is 7.66. The van der Waals surface area contributed by atoms with Gasteiger partial charge in [-0.2, -0.15) is 0 Å². The van der Waals surface area contributed by atoms with Crippen molar-refractivity contribution in [3.05, 3.63) is 23.0 Å². The number of hydrogen-bond acceptors (Lipinski definition) is 3. The van der Waals surface area contributed by atoms with Gasteiger partial charge in [-0.15, -0.1) is 0 Å². The molecule has 0 bridgehead atoms. The maximum atomic E-state index is 10.6. The van der Waals surface area contributed by atoms with Crippen molar-refractivity contribution in [2.45, 2.75) is 6.92 Å². The third-order valence-electron chi connectivity index (χ3n) is 1.42. The largest absolute Gasteiger partial charge is 0.374 e. The minimum Gasteiger partial charge on any atom is -0.374 e. The molecule has 0 atom stereocenters. The van der Waals surface area contributed by atoms with Crippen LogP contribution in [0.1, 0.15) is 6.92 Å². The molecule has 0 saturated carbocycles. The molecular formula is C9H14BrClN4O. The zero-order valence-corrected chi connectivity index (χ0v) is 11.2. The average molecular weight is 310 g/mol. The molecule has 0 fully saturated rings. The maximum absolute atomic E-state index is 10.6. The molecule has 1 amide bonds. The van der Waals surface area contributed by atoms with E-state index in [1.165, 1.54) is 6.92 Å². The first kappa shape index (κ1) is 15.0. The second-order valence-electron chi connectivity index (χ2n) is 2.74. The Morgan fingerprint density at radius 3 is 2.56 bits per heavy atom. The Bertz CT molecular complexity index is 323. The smallest absolute Gasteiger partial charge is 0.216 e. The van der Waals surface area contributed by atoms with Gasteiger partial charge in [-0.25, -0.2) is 4.99 Å². The summed E-state index contributed by atoms with van der Waals surface area (Å²) >= 11 is 8.71. The first-order chi connectivity index (χ1) is 7.47. The number of carbonyl (C=O) groups is 1. The number of nitrogens with one attached hydrogen (secondary N) is 2. The van der Waals surface area contributed by atoms with Crippen molar-refractivity contribution >= 4 is 38.7 Å². The first-order valence-electron chi connectivity index (χ1n) is 4.47. The highest BCUT2D eigenvalue weighted by molar-refractivity contribution is 9.11. The molecule has 16 heavy (non-hydrogen) atoms. The highest BCUT2D eigenvalue weighted by atomic mass is 79.9. The monoisotopic (exact) mass is 308 g/mol. The summed E-state index contributed by atoms with van der Waals surface area (Å²) in [7, 11) is 0. The molecule has 90 valence electrons. The van der Waals surface area contributed by atoms with Crippen LogP contribution >= 0.6 is 27.5 Å². The summed E-state index contributed by atoms with van der Waals surface area (Å²) in [5, 5.41) is 5.50. The van der Waals surface area contributed by atoms with E-state index in [0.29, 0.717) is 23.4 Å². The van der Waals surface area contributed by atoms with Gasteiger partial charge in [0.1, 0.15) is 5.82 Å². The van der Waals surface area contributed by atoms with Crippen molar-refractivity contribution in [1.82, 2.24) is 10.6 Å². The molecule has 0 unspecified atom stereocenters. The van der Waals surface area contributed by atoms with Gasteiger partial charge in [0.15, 0.2) is 5.29 Å². The van der Waals surface area contributed by atoms with Crippen LogP contribution in [0.2, 0.25) is 0 Å². The minimum atomic E-state index is -0.0875. The van der Waals surface area contributed by atoms with E-state index in [-0.39, 0.29) is 11.2 Å². The second-order valence-corrected chi connectivity index (χ2v) is 3.99. The van der Waals surface area contributed by atoms with E-state index in [1.807, 2.05) is 0 Å². The van der Waals surface area contributed by atoms with E-state index in [9.17, 15) is 4.79 Å². The summed E-state index contributed by atoms with van der Waals surface area (Å²) in [5.74, 6) is 0.378. The first-order valence-corrected chi connectivity index (χ1v) is 5.64. The summed E-state index contributed by atoms with van der Waals surface area (Å²) in [6.45, 7) is 6.01. The van der Waals surface area contributed by atoms with Gasteiger partial charge in [0.25, 0.3) is 0 Å². The lowest BCUT2D eigenvalue weighted by Gasteiger charge is -2.08. The highest BCUT2D eigenvalue weighted by Gasteiger charge is 2.00. The number of carbonyl (C=O) groups excluding carboxylic acids is 1. The van der Waals surface area contributed by atoms with Crippen LogP contribution in [0.3, 0.4) is 0 Å². The molecule has 0 rings (SSSR count). The third kappa shape index (κ3) is 7.30. The van der Waals surface area contributed by atoms with E-state index in [0.717, 1.165) is 0 Å². The van der Waals surface area contributed by atoms with E-state index in [2.05, 4.69) is 38.1 Å². The van der Waals surface area contributed by atoms with E-state index in [1.54, 1.807) is 6.08 Å². The van der Waals surface area contributed by atoms with E-state index in [4.69, 9.17) is 17.3 Å². The number of rotatable bonds is 6. The molecule has 7 heteroatoms. The Balaban J connectivity index is 4.31. The number of amides is 1. The fourth-order valence-electron chi connectivity index (χ4n) is 0.800. The molecule has 0 aromatic heterocycles. The number of nitrogens with two attached hydrogens (primary N) is 1. The Hall–Kier alpha value is -1.01. The van der Waals surface area contributed by atoms with Gasteiger partial charge in [-0.3, -0.25) is 4.79 Å². The normalized spacial score (nSPS) is 12.8. The van der Waals surface area contributed by atoms with Crippen molar-refractivity contribution in [2.24, 2.45) is 10.7 Å². The minimum absolute atomic E-state index is 0.0826. The highest BCUT2D eigenvalue weighted by Crippen LogP contribution is 2.12. The van der Waals surface area contributed by atoms with Gasteiger partial charge in [0.05, 0.1) is 4.48 Å². The van der Waals surface area contributed by atoms with Crippen molar-refractivity contribution in [1.29, 1.82) is 0 Å². The zero-order chi connectivity index (χ0) is 12.6. The zero-order valence-electron chi connectivity index (χ0n) is 8.89. The second kappa shape index (κ2) is 8.18. The van der Waals surface area contributed by atoms with Gasteiger partial charge in [0, 0.05) is 20.0 Å². The summed E-state index contributed by atoms with van der Waals surface area (Å²) in [6, 6.07) is 0. The van der Waals surface area contributed by atoms with Crippen LogP contribution in [-0.2, 0) is 4.79 Å². The molecule has 0 aromatic carbocycles. The quantitative estimate of drug-likeness (QED) is 0.225. The fraction of sp³-hybridized carbons (Fsp3) is 0.333. The number of nitrogens with zero attached hydrogens (tertiary/aromatic N) is 1. The molecule has 5 nitrogen and oxygen atoms in total. The van der Waals surface area contributed by atoms with E-state index < -0.39 is 0 Å². The molecule has 0 saturated heterocycles. The lowest BCUT2D eigenvalue weighted by Crippen LogP contribution is -2.30. The Morgan fingerprint density at radius 1 is 1.56 bits per heavy atom. The van der Waals surface area contributed by atoms with E-state index >= 15 is 0 Å². The van der Waals surface area contributed by atoms with Crippen molar-refractivity contribution in [3.8, 4) is 0 Å². The van der Waals surface area contributed by atoms with Gasteiger partial charge in [0.2, 0.25) is 5.91 Å². The number of allylic oxidation sites excluding steroid dienone is 2. The molecule has 0 aromatic rings. The molecule has 0 aliphatic heterocycles. The summed E-state index contributed by atoms with van der Waals surface area (Å²) in [5.41, 5.74) is 5.25. The topological polar surface area (TPSA) is 79.5 Å². The van der Waals surface area contributed by atoms with Crippen LogP contribution in [-0.4, -0.2) is 24.3 Å². The summed E-state index contributed by atoms with van der Waals surface area (Å²) in [4.78, 5) is 14.5. The van der Waals surface area contributed by atoms with Crippen LogP contribution in [0.5, 0.6) is 0 Å². The fourth-order valence-corrected chi connectivity index (χ4v) is 1.11. The summed E-state index contributed by atoms with van der Waals surface area (Å²) < 4.78 is 0.638. The molecule has 0 aliphatic carbocycles. The van der Waals surface area contributed by atoms with Crippen LogP contribution in [0, 0.1) is 0 Å². The standard InChI is InChI=1S/C9H14BrClN4O/c1-3-7(10)8(15-9(11)12)14-5-4-13-6(2)16/h3,14H,1,4-5H2,2H3,(H2,12,15)(H,13,16)/b8-7+. The van der Waals surface area contributed by atoms with Crippen LogP contribution < -0.4 is 16.4 Å². The number of aliphatic imine (C=N–C) groups is 1. The maximum Gasteiger partial charge on any atom is 0.216 e. The lowest BCUT2D eigenvalue weighted by atomic mass is 10.5. The van der Waals surface area contributed by atoms with Gasteiger partial charge in [-0.1, -0.05) is 12.7 Å². The van der Waals surface area contributed by atoms with Gasteiger partial charge < -0.3 is 16.4 Å². The number of amidine groups is 1. The average Bonchev–Trinajstić information content (AvgIpc) is 2.20. The molecule has 0 spiro atoms. The molecule has 0 radical (unpaired) electrons. The molecule has 4 N–H and O–H groups in total. The van der Waals surface area contributed by atoms with Crippen molar-refractivity contribution in [3.63, 3.8) is 0 Å². The number of halogens is 2. The third-order valence-corrected chi connectivity index (χ3v) is 2.20. The number of hydrogen-bond donors (Lipinski definition) is 3. The summed E-state index contributed by atoms with van der Waals surface area (Å²) in [6.07, 6.45) is 1.56. The predicted molar refractivity (Wildman–Crippen MR) is 70.3 cm³/mol. The van der Waals surface area contributed by atoms with Crippen LogP contribution in [0.25, 0.3) is 0 Å². The van der Waals surface area contributed by atoms with Crippen LogP contribution in [0.4, 0.5) is 0 Å². The molecule has 0 heterocycles. The molecular weight excluding hydrogens is 295 g/mol. The Morgan fingerprint density at radius 2 is 2.12 bits per heavy atom. The van der Waals surface area contributed by atoms with Crippen LogP contribution in [0.15, 0.2) is 28.0 Å². The predicted octanol–water partition coefficient (Wildman–Crippen LogP) is 1.02. The van der Waals surface area contributed by atoms with Crippen molar-refractivity contribution < 1.29 is 4.79 Å². The SMILES string of the molecule is C=C/C(Br)=C(\N=C(/N)Cl)NCCNC(C)=O. The van der Waals surface area contributed by atoms with Crippen molar-refractivity contribution in [2.75, 3.05) is 13.1 Å².